The van der Waals surface area contributed by atoms with Gasteiger partial charge in [0.2, 0.25) is 11.9 Å². The van der Waals surface area contributed by atoms with Crippen molar-refractivity contribution in [1.82, 2.24) is 19.7 Å². The third kappa shape index (κ3) is 3.31. The Balaban J connectivity index is 1.53. The average molecular weight is 351 g/mol. The number of rotatable bonds is 4. The SMILES string of the molecule is Cc1cc(Nc2nc(N)n(-c3ccccn3)n2)ccc1N1CCOCC1. The number of hydrogen-bond donors (Lipinski definition) is 2. The summed E-state index contributed by atoms with van der Waals surface area (Å²) in [6, 6.07) is 11.8. The first kappa shape index (κ1) is 16.3. The average Bonchev–Trinajstić information content (AvgIpc) is 3.03. The molecule has 0 unspecified atom stereocenters. The molecule has 0 saturated carbocycles. The lowest BCUT2D eigenvalue weighted by Gasteiger charge is -2.30. The summed E-state index contributed by atoms with van der Waals surface area (Å²) in [6.45, 7) is 5.48. The lowest BCUT2D eigenvalue weighted by atomic mass is 10.1. The molecule has 3 aromatic rings. The standard InChI is InChI=1S/C18H21N7O/c1-13-12-14(5-6-15(13)24-8-10-26-11-9-24)21-18-22-17(19)25(23-18)16-4-2-3-7-20-16/h2-7,12H,8-11H2,1H3,(H3,19,21,22,23). The number of anilines is 4. The molecule has 1 aliphatic heterocycles. The van der Waals surface area contributed by atoms with Crippen LogP contribution in [0.25, 0.3) is 5.82 Å². The Morgan fingerprint density at radius 3 is 2.73 bits per heavy atom. The van der Waals surface area contributed by atoms with E-state index in [2.05, 4.69) is 44.3 Å². The molecule has 1 aliphatic rings. The van der Waals surface area contributed by atoms with Crippen molar-refractivity contribution < 1.29 is 4.74 Å². The molecule has 8 heteroatoms. The molecule has 134 valence electrons. The van der Waals surface area contributed by atoms with Gasteiger partial charge >= 0.3 is 0 Å². The van der Waals surface area contributed by atoms with Gasteiger partial charge in [-0.05, 0) is 42.8 Å². The van der Waals surface area contributed by atoms with Crippen molar-refractivity contribution in [3.63, 3.8) is 0 Å². The second-order valence-electron chi connectivity index (χ2n) is 6.12. The molecule has 8 nitrogen and oxygen atoms in total. The van der Waals surface area contributed by atoms with Gasteiger partial charge in [0.1, 0.15) is 0 Å². The van der Waals surface area contributed by atoms with Gasteiger partial charge in [-0.25, -0.2) is 4.98 Å². The number of nitrogens with zero attached hydrogens (tertiary/aromatic N) is 5. The minimum atomic E-state index is 0.285. The molecule has 0 atom stereocenters. The van der Waals surface area contributed by atoms with Crippen LogP contribution in [0.15, 0.2) is 42.6 Å². The zero-order valence-corrected chi connectivity index (χ0v) is 14.6. The van der Waals surface area contributed by atoms with Crippen LogP contribution in [0.2, 0.25) is 0 Å². The lowest BCUT2D eigenvalue weighted by molar-refractivity contribution is 0.122. The molecule has 1 fully saturated rings. The van der Waals surface area contributed by atoms with Gasteiger partial charge in [0.25, 0.3) is 0 Å². The van der Waals surface area contributed by atoms with Crippen LogP contribution in [-0.4, -0.2) is 46.1 Å². The first-order chi connectivity index (χ1) is 12.7. The summed E-state index contributed by atoms with van der Waals surface area (Å²) >= 11 is 0. The van der Waals surface area contributed by atoms with Gasteiger partial charge in [-0.2, -0.15) is 9.67 Å². The largest absolute Gasteiger partial charge is 0.378 e. The van der Waals surface area contributed by atoms with Crippen LogP contribution in [0, 0.1) is 6.92 Å². The third-order valence-corrected chi connectivity index (χ3v) is 4.30. The number of nitrogen functional groups attached to an aromatic ring is 1. The van der Waals surface area contributed by atoms with Gasteiger partial charge < -0.3 is 20.7 Å². The van der Waals surface area contributed by atoms with E-state index in [1.165, 1.54) is 15.9 Å². The molecular weight excluding hydrogens is 330 g/mol. The number of benzene rings is 1. The predicted molar refractivity (Wildman–Crippen MR) is 101 cm³/mol. The molecule has 1 saturated heterocycles. The smallest absolute Gasteiger partial charge is 0.248 e. The molecule has 2 aromatic heterocycles. The highest BCUT2D eigenvalue weighted by atomic mass is 16.5. The normalized spacial score (nSPS) is 14.4. The van der Waals surface area contributed by atoms with E-state index in [9.17, 15) is 0 Å². The zero-order valence-electron chi connectivity index (χ0n) is 14.6. The van der Waals surface area contributed by atoms with E-state index in [0.29, 0.717) is 11.8 Å². The van der Waals surface area contributed by atoms with Crippen molar-refractivity contribution in [2.75, 3.05) is 42.3 Å². The Morgan fingerprint density at radius 2 is 2.00 bits per heavy atom. The highest BCUT2D eigenvalue weighted by Crippen LogP contribution is 2.26. The fourth-order valence-corrected chi connectivity index (χ4v) is 3.05. The Kier molecular flexibility index (Phi) is 4.40. The van der Waals surface area contributed by atoms with Crippen LogP contribution >= 0.6 is 0 Å². The Hall–Kier alpha value is -3.13. The van der Waals surface area contributed by atoms with Crippen LogP contribution in [-0.2, 0) is 4.74 Å². The van der Waals surface area contributed by atoms with Crippen LogP contribution in [0.5, 0.6) is 0 Å². The summed E-state index contributed by atoms with van der Waals surface area (Å²) in [5, 5.41) is 7.61. The highest BCUT2D eigenvalue weighted by Gasteiger charge is 2.14. The predicted octanol–water partition coefficient (Wildman–Crippen LogP) is 2.13. The Bertz CT molecular complexity index is 888. The van der Waals surface area contributed by atoms with Gasteiger partial charge in [-0.15, -0.1) is 5.10 Å². The van der Waals surface area contributed by atoms with Gasteiger partial charge in [-0.3, -0.25) is 0 Å². The number of nitrogens with one attached hydrogen (secondary N) is 1. The molecule has 0 aliphatic carbocycles. The fraction of sp³-hybridized carbons (Fsp3) is 0.278. The van der Waals surface area contributed by atoms with Crippen LogP contribution < -0.4 is 16.0 Å². The maximum Gasteiger partial charge on any atom is 0.248 e. The second-order valence-corrected chi connectivity index (χ2v) is 6.12. The quantitative estimate of drug-likeness (QED) is 0.743. The number of hydrogen-bond acceptors (Lipinski definition) is 7. The summed E-state index contributed by atoms with van der Waals surface area (Å²) in [5.74, 6) is 1.35. The molecule has 0 amide bonds. The first-order valence-corrected chi connectivity index (χ1v) is 8.55. The minimum Gasteiger partial charge on any atom is -0.378 e. The summed E-state index contributed by atoms with van der Waals surface area (Å²) in [5.41, 5.74) is 9.30. The van der Waals surface area contributed by atoms with E-state index < -0.39 is 0 Å². The van der Waals surface area contributed by atoms with Crippen LogP contribution in [0.4, 0.5) is 23.3 Å². The number of pyridine rings is 1. The monoisotopic (exact) mass is 351 g/mol. The number of morpholine rings is 1. The summed E-state index contributed by atoms with van der Waals surface area (Å²) in [6.07, 6.45) is 1.69. The lowest BCUT2D eigenvalue weighted by Crippen LogP contribution is -2.36. The molecular formula is C18H21N7O. The van der Waals surface area contributed by atoms with Crippen molar-refractivity contribution in [3.8, 4) is 5.82 Å². The Labute approximate surface area is 151 Å². The molecule has 3 N–H and O–H groups in total. The first-order valence-electron chi connectivity index (χ1n) is 8.55. The summed E-state index contributed by atoms with van der Waals surface area (Å²) < 4.78 is 6.94. The van der Waals surface area contributed by atoms with Gasteiger partial charge in [0.15, 0.2) is 5.82 Å². The molecule has 0 radical (unpaired) electrons. The molecule has 0 spiro atoms. The number of nitrogens with two attached hydrogens (primary N) is 1. The summed E-state index contributed by atoms with van der Waals surface area (Å²) in [7, 11) is 0. The second kappa shape index (κ2) is 7.01. The maximum atomic E-state index is 5.97. The summed E-state index contributed by atoms with van der Waals surface area (Å²) in [4.78, 5) is 10.9. The molecule has 4 rings (SSSR count). The van der Waals surface area contributed by atoms with E-state index in [1.54, 1.807) is 6.20 Å². The van der Waals surface area contributed by atoms with Gasteiger partial charge in [0.05, 0.1) is 13.2 Å². The van der Waals surface area contributed by atoms with E-state index in [4.69, 9.17) is 10.5 Å². The maximum absolute atomic E-state index is 5.97. The molecule has 3 heterocycles. The van der Waals surface area contributed by atoms with Gasteiger partial charge in [-0.1, -0.05) is 6.07 Å². The van der Waals surface area contributed by atoms with Crippen molar-refractivity contribution in [3.05, 3.63) is 48.2 Å². The minimum absolute atomic E-state index is 0.285. The number of aromatic nitrogens is 4. The molecule has 26 heavy (non-hydrogen) atoms. The van der Waals surface area contributed by atoms with Crippen LogP contribution in [0.1, 0.15) is 5.56 Å². The van der Waals surface area contributed by atoms with Crippen molar-refractivity contribution in [2.24, 2.45) is 0 Å². The highest BCUT2D eigenvalue weighted by molar-refractivity contribution is 5.64. The van der Waals surface area contributed by atoms with E-state index >= 15 is 0 Å². The van der Waals surface area contributed by atoms with E-state index in [0.717, 1.165) is 32.0 Å². The van der Waals surface area contributed by atoms with E-state index in [-0.39, 0.29) is 5.95 Å². The van der Waals surface area contributed by atoms with Crippen molar-refractivity contribution in [2.45, 2.75) is 6.92 Å². The Morgan fingerprint density at radius 1 is 1.15 bits per heavy atom. The number of aryl methyl sites for hydroxylation is 1. The molecule has 1 aromatic carbocycles. The third-order valence-electron chi connectivity index (χ3n) is 4.30. The van der Waals surface area contributed by atoms with Crippen LogP contribution in [0.3, 0.4) is 0 Å². The van der Waals surface area contributed by atoms with Crippen molar-refractivity contribution in [1.29, 1.82) is 0 Å². The van der Waals surface area contributed by atoms with Crippen molar-refractivity contribution >= 4 is 23.3 Å². The van der Waals surface area contributed by atoms with E-state index in [1.807, 2.05) is 24.3 Å². The number of ether oxygens (including phenoxy) is 1. The topological polar surface area (TPSA) is 94.1 Å². The molecule has 0 bridgehead atoms. The zero-order chi connectivity index (χ0) is 17.9. The van der Waals surface area contributed by atoms with Gasteiger partial charge in [0, 0.05) is 30.7 Å². The fourth-order valence-electron chi connectivity index (χ4n) is 3.05.